The number of nitrogen functional groups attached to an aromatic ring is 1. The Morgan fingerprint density at radius 2 is 1.35 bits per heavy atom. The number of rotatable bonds is 15. The zero-order valence-corrected chi connectivity index (χ0v) is 40.0. The molecule has 370 valence electrons. The predicted molar refractivity (Wildman–Crippen MR) is 261 cm³/mol. The Bertz CT molecular complexity index is 3720. The molecule has 3 atom stereocenters. The van der Waals surface area contributed by atoms with Gasteiger partial charge in [-0.2, -0.15) is 36.4 Å². The molecule has 0 radical (unpaired) electrons. The summed E-state index contributed by atoms with van der Waals surface area (Å²) in [6.45, 7) is 3.09. The van der Waals surface area contributed by atoms with Crippen molar-refractivity contribution in [1.82, 2.24) is 0 Å². The third-order valence-corrected chi connectivity index (χ3v) is 13.8. The van der Waals surface area contributed by atoms with Crippen molar-refractivity contribution < 1.29 is 68.8 Å². The van der Waals surface area contributed by atoms with E-state index < -0.39 is 93.3 Å². The molecule has 0 heterocycles. The van der Waals surface area contributed by atoms with Gasteiger partial charge in [0.2, 0.25) is 0 Å². The summed E-state index contributed by atoms with van der Waals surface area (Å²) in [5.74, 6) is -4.31. The molecule has 0 amide bonds. The second-order valence-electron chi connectivity index (χ2n) is 15.4. The number of nitrogens with zero attached hydrogens (tertiary/aromatic N) is 8. The van der Waals surface area contributed by atoms with Crippen molar-refractivity contribution in [2.75, 3.05) is 5.73 Å². The Labute approximate surface area is 413 Å². The molecule has 72 heavy (non-hydrogen) atoms. The summed E-state index contributed by atoms with van der Waals surface area (Å²) in [6.07, 6.45) is 3.93. The van der Waals surface area contributed by atoms with Gasteiger partial charge in [-0.3, -0.25) is 13.7 Å². The minimum atomic E-state index is -5.22. The van der Waals surface area contributed by atoms with E-state index >= 15 is 0 Å². The fourth-order valence-corrected chi connectivity index (χ4v) is 9.80. The minimum absolute atomic E-state index is 0.00938. The third kappa shape index (κ3) is 10.4. The van der Waals surface area contributed by atoms with E-state index in [4.69, 9.17) is 15.2 Å². The summed E-state index contributed by atoms with van der Waals surface area (Å²) >= 11 is -2.57. The maximum absolute atomic E-state index is 12.9. The number of anilines is 1. The second kappa shape index (κ2) is 20.6. The molecule has 0 fully saturated rings. The summed E-state index contributed by atoms with van der Waals surface area (Å²) in [4.78, 5) is -1.56. The van der Waals surface area contributed by atoms with E-state index in [2.05, 4.69) is 50.3 Å². The molecular formula is C44H35N9O15S4. The van der Waals surface area contributed by atoms with Crippen LogP contribution in [0.3, 0.4) is 0 Å². The standard InChI is InChI=1S/C44H35N9O15S4/c1-21-28-19-33(69-68-67-57)39(51-46-24-9-5-3-6-10-24)42(54)26(28)13-15-30(21)48-50-38-32(66-70(58)59)17-23-18-34(71(60,61)62)40(37(45)36(23)44(38)56)52-49-31-16-14-27-29(22(31)2)20-35(72(63,64)65)41(43(27)55)53-47-25-11-7-4-8-12-25/h3-20,27,29,54-57H,45H2,1-2H3,(H,58,59)(H,60,61,62)(H,63,64,65)/b50-48+,51-46?,52-49?,53-47?. The number of benzene rings is 6. The first-order chi connectivity index (χ1) is 34.3. The van der Waals surface area contributed by atoms with E-state index in [-0.39, 0.29) is 49.4 Å². The van der Waals surface area contributed by atoms with Crippen molar-refractivity contribution in [3.63, 3.8) is 0 Å². The molecule has 24 nitrogen and oxygen atoms in total. The molecule has 0 spiro atoms. The number of hydrogen-bond acceptors (Lipinski definition) is 22. The normalized spacial score (nSPS) is 17.1. The number of nitrogens with two attached hydrogens (primary N) is 1. The number of aliphatic hydroxyl groups excluding tert-OH is 1. The Morgan fingerprint density at radius 3 is 1.97 bits per heavy atom. The lowest BCUT2D eigenvalue weighted by atomic mass is 9.77. The Balaban J connectivity index is 1.20. The molecule has 2 aliphatic rings. The molecule has 2 aliphatic carbocycles. The molecule has 6 aromatic rings. The highest BCUT2D eigenvalue weighted by atomic mass is 32.2. The number of phenolic OH excluding ortho intramolecular Hbond substituents is 2. The Hall–Kier alpha value is -7.64. The van der Waals surface area contributed by atoms with Crippen LogP contribution in [0, 0.1) is 18.8 Å². The molecule has 0 aromatic heterocycles. The molecular weight excluding hydrogens is 1020 g/mol. The van der Waals surface area contributed by atoms with E-state index in [0.29, 0.717) is 34.4 Å². The summed E-state index contributed by atoms with van der Waals surface area (Å²) in [5, 5.41) is 79.9. The van der Waals surface area contributed by atoms with E-state index in [1.165, 1.54) is 37.3 Å². The molecule has 0 bridgehead atoms. The number of hydrogen-bond donors (Lipinski definition) is 8. The van der Waals surface area contributed by atoms with E-state index in [1.807, 2.05) is 0 Å². The van der Waals surface area contributed by atoms with E-state index in [9.17, 15) is 50.0 Å². The van der Waals surface area contributed by atoms with Crippen LogP contribution in [0.2, 0.25) is 0 Å². The zero-order chi connectivity index (χ0) is 51.6. The van der Waals surface area contributed by atoms with Gasteiger partial charge in [0.25, 0.3) is 20.2 Å². The van der Waals surface area contributed by atoms with Crippen LogP contribution in [0.4, 0.5) is 39.8 Å². The van der Waals surface area contributed by atoms with Crippen molar-refractivity contribution >= 4 is 105 Å². The van der Waals surface area contributed by atoms with Gasteiger partial charge in [0, 0.05) is 17.2 Å². The number of aromatic hydroxyl groups is 2. The van der Waals surface area contributed by atoms with Crippen LogP contribution in [-0.2, 0) is 41.0 Å². The maximum Gasteiger partial charge on any atom is 0.357 e. The Kier molecular flexibility index (Phi) is 14.5. The molecule has 0 saturated heterocycles. The highest BCUT2D eigenvalue weighted by molar-refractivity contribution is 7.94. The first-order valence-electron chi connectivity index (χ1n) is 20.4. The smallest absolute Gasteiger partial charge is 0.357 e. The summed E-state index contributed by atoms with van der Waals surface area (Å²) in [7, 11) is -10.2. The van der Waals surface area contributed by atoms with Gasteiger partial charge in [-0.25, -0.2) is 5.26 Å². The third-order valence-electron chi connectivity index (χ3n) is 11.1. The maximum atomic E-state index is 12.9. The van der Waals surface area contributed by atoms with Crippen LogP contribution in [0.25, 0.3) is 21.5 Å². The minimum Gasteiger partial charge on any atom is -0.509 e. The lowest BCUT2D eigenvalue weighted by molar-refractivity contribution is -0.432. The lowest BCUT2D eigenvalue weighted by Crippen LogP contribution is -2.25. The molecule has 0 saturated carbocycles. The van der Waals surface area contributed by atoms with Gasteiger partial charge in [-0.15, -0.1) is 29.9 Å². The molecule has 6 aromatic carbocycles. The van der Waals surface area contributed by atoms with Gasteiger partial charge in [-0.1, -0.05) is 53.6 Å². The summed E-state index contributed by atoms with van der Waals surface area (Å²) in [6, 6.07) is 23.0. The fourth-order valence-electron chi connectivity index (χ4n) is 7.66. The SMILES string of the molecule is CC1=C(N=Nc2c(S(=O)(=O)O)cc3cc(OS(=O)O)c(/N=N/c4ccc5c(O)c(N=Nc6ccccc6)c(SOOO)cc5c4C)c(O)c3c2N)C=CC2C(O)=C(N=Nc3ccccc3)C(S(=O)(=O)O)=CC12. The van der Waals surface area contributed by atoms with Crippen LogP contribution in [-0.4, -0.2) is 55.3 Å². The van der Waals surface area contributed by atoms with Gasteiger partial charge in [-0.05, 0) is 96.4 Å². The molecule has 28 heteroatoms. The van der Waals surface area contributed by atoms with E-state index in [0.717, 1.165) is 18.2 Å². The van der Waals surface area contributed by atoms with Crippen LogP contribution in [0.5, 0.6) is 17.2 Å². The number of fused-ring (bicyclic) bond motifs is 3. The number of aliphatic hydroxyl groups is 1. The van der Waals surface area contributed by atoms with Gasteiger partial charge < -0.3 is 25.2 Å². The van der Waals surface area contributed by atoms with Crippen molar-refractivity contribution in [3.05, 3.63) is 142 Å². The molecule has 9 N–H and O–H groups in total. The number of aryl methyl sites for hydroxylation is 1. The van der Waals surface area contributed by atoms with Gasteiger partial charge in [0.05, 0.1) is 50.8 Å². The first kappa shape index (κ1) is 50.7. The highest BCUT2D eigenvalue weighted by Crippen LogP contribution is 2.51. The number of azo groups is 4. The fraction of sp³-hybridized carbons (Fsp3) is 0.0909. The van der Waals surface area contributed by atoms with Crippen LogP contribution < -0.4 is 9.92 Å². The molecule has 0 aliphatic heterocycles. The van der Waals surface area contributed by atoms with Crippen LogP contribution >= 0.6 is 12.0 Å². The highest BCUT2D eigenvalue weighted by Gasteiger charge is 2.38. The lowest BCUT2D eigenvalue weighted by Gasteiger charge is -2.31. The largest absolute Gasteiger partial charge is 0.509 e. The monoisotopic (exact) mass is 1060 g/mol. The van der Waals surface area contributed by atoms with Crippen molar-refractivity contribution in [1.29, 1.82) is 0 Å². The Morgan fingerprint density at radius 1 is 0.708 bits per heavy atom. The van der Waals surface area contributed by atoms with Crippen molar-refractivity contribution in [3.8, 4) is 17.2 Å². The average Bonchev–Trinajstić information content (AvgIpc) is 3.33. The molecule has 8 rings (SSSR count). The zero-order valence-electron chi connectivity index (χ0n) is 36.7. The van der Waals surface area contributed by atoms with Gasteiger partial charge in [0.15, 0.2) is 22.9 Å². The van der Waals surface area contributed by atoms with Crippen LogP contribution in [0.1, 0.15) is 12.5 Å². The first-order valence-corrected chi connectivity index (χ1v) is 25.0. The van der Waals surface area contributed by atoms with Crippen LogP contribution in [0.15, 0.2) is 188 Å². The topological polar surface area (TPSA) is 380 Å². The van der Waals surface area contributed by atoms with E-state index in [1.54, 1.807) is 67.6 Å². The van der Waals surface area contributed by atoms with Crippen molar-refractivity contribution in [2.24, 2.45) is 52.7 Å². The second-order valence-corrected chi connectivity index (χ2v) is 19.5. The van der Waals surface area contributed by atoms with Crippen molar-refractivity contribution in [2.45, 2.75) is 23.6 Å². The van der Waals surface area contributed by atoms with Gasteiger partial charge in [0.1, 0.15) is 32.6 Å². The quantitative estimate of drug-likeness (QED) is 0.00900. The summed E-state index contributed by atoms with van der Waals surface area (Å²) in [5.41, 5.74) is 5.54. The average molecular weight is 1060 g/mol. The summed E-state index contributed by atoms with van der Waals surface area (Å²) < 4.78 is 103. The molecule has 3 unspecified atom stereocenters. The van der Waals surface area contributed by atoms with Gasteiger partial charge >= 0.3 is 11.4 Å². The predicted octanol–water partition coefficient (Wildman–Crippen LogP) is 11.8. The number of phenols is 2. The number of allylic oxidation sites excluding steroid dienone is 4.